The Morgan fingerprint density at radius 2 is 2.12 bits per heavy atom. The third-order valence-electron chi connectivity index (χ3n) is 2.35. The number of benzene rings is 1. The zero-order chi connectivity index (χ0) is 12.5. The Kier molecular flexibility index (Phi) is 6.29. The number of hydrogen-bond donors (Lipinski definition) is 2. The molecule has 0 saturated heterocycles. The van der Waals surface area contributed by atoms with Crippen molar-refractivity contribution < 1.29 is 9.53 Å². The van der Waals surface area contributed by atoms with Gasteiger partial charge in [-0.3, -0.25) is 4.79 Å². The van der Waals surface area contributed by atoms with Crippen LogP contribution in [-0.2, 0) is 11.2 Å². The molecule has 1 rings (SSSR count). The van der Waals surface area contributed by atoms with Crippen LogP contribution in [0.25, 0.3) is 0 Å². The molecule has 1 aromatic carbocycles. The van der Waals surface area contributed by atoms with Crippen LogP contribution in [0.2, 0.25) is 0 Å². The van der Waals surface area contributed by atoms with Gasteiger partial charge in [-0.05, 0) is 31.0 Å². The summed E-state index contributed by atoms with van der Waals surface area (Å²) < 4.78 is 5.35. The van der Waals surface area contributed by atoms with Crippen molar-refractivity contribution in [1.29, 1.82) is 0 Å². The molecular weight excluding hydrogens is 216 g/mol. The van der Waals surface area contributed by atoms with Crippen LogP contribution in [0.3, 0.4) is 0 Å². The minimum absolute atomic E-state index is 0.295. The fourth-order valence-electron chi connectivity index (χ4n) is 1.54. The van der Waals surface area contributed by atoms with Crippen molar-refractivity contribution >= 4 is 6.29 Å². The molecule has 0 fully saturated rings. The standard InChI is InChI=1S/C13H19N2O2/c1-2-17-13-5-3-11(4-6-13)9-12(10-16)15-8-7-14/h3-6,12,15H,2,7-9,14H2,1H3/t12-/m0/s1. The number of rotatable bonds is 8. The monoisotopic (exact) mass is 235 g/mol. The van der Waals surface area contributed by atoms with Gasteiger partial charge in [-0.25, -0.2) is 0 Å². The molecule has 0 saturated carbocycles. The molecule has 0 aliphatic rings. The van der Waals surface area contributed by atoms with Gasteiger partial charge in [0.25, 0.3) is 0 Å². The molecule has 0 bridgehead atoms. The third kappa shape index (κ3) is 4.97. The number of ether oxygens (including phenoxy) is 1. The Morgan fingerprint density at radius 3 is 2.65 bits per heavy atom. The SMILES string of the molecule is CCOc1ccc(C[C@@H]([C]=O)NCCN)cc1. The highest BCUT2D eigenvalue weighted by atomic mass is 16.5. The van der Waals surface area contributed by atoms with Gasteiger partial charge >= 0.3 is 0 Å². The van der Waals surface area contributed by atoms with Gasteiger partial charge in [0.15, 0.2) is 0 Å². The van der Waals surface area contributed by atoms with E-state index in [1.165, 1.54) is 0 Å². The number of carbonyl (C=O) groups excluding carboxylic acids is 1. The van der Waals surface area contributed by atoms with Crippen molar-refractivity contribution in [3.8, 4) is 5.75 Å². The molecule has 1 radical (unpaired) electrons. The van der Waals surface area contributed by atoms with Crippen LogP contribution in [0.1, 0.15) is 12.5 Å². The second-order valence-electron chi connectivity index (χ2n) is 3.69. The normalized spacial score (nSPS) is 12.1. The molecule has 17 heavy (non-hydrogen) atoms. The summed E-state index contributed by atoms with van der Waals surface area (Å²) in [6.45, 7) is 3.74. The van der Waals surface area contributed by atoms with Gasteiger partial charge in [-0.15, -0.1) is 0 Å². The predicted octanol–water partition coefficient (Wildman–Crippen LogP) is 0.654. The topological polar surface area (TPSA) is 64.3 Å². The van der Waals surface area contributed by atoms with E-state index in [1.54, 1.807) is 0 Å². The molecule has 0 heterocycles. The highest BCUT2D eigenvalue weighted by Gasteiger charge is 2.08. The second kappa shape index (κ2) is 7.81. The van der Waals surface area contributed by atoms with Gasteiger partial charge in [0.05, 0.1) is 12.6 Å². The lowest BCUT2D eigenvalue weighted by Gasteiger charge is -2.11. The molecule has 0 spiro atoms. The Labute approximate surface area is 102 Å². The molecule has 1 atom stereocenters. The zero-order valence-electron chi connectivity index (χ0n) is 10.1. The maximum Gasteiger partial charge on any atom is 0.217 e. The lowest BCUT2D eigenvalue weighted by Crippen LogP contribution is -2.36. The summed E-state index contributed by atoms with van der Waals surface area (Å²) in [7, 11) is 0. The van der Waals surface area contributed by atoms with Crippen molar-refractivity contribution in [2.75, 3.05) is 19.7 Å². The van der Waals surface area contributed by atoms with Gasteiger partial charge in [-0.1, -0.05) is 12.1 Å². The summed E-state index contributed by atoms with van der Waals surface area (Å²) in [6, 6.07) is 7.43. The Morgan fingerprint density at radius 1 is 1.41 bits per heavy atom. The lowest BCUT2D eigenvalue weighted by molar-refractivity contribution is 0.340. The number of nitrogens with one attached hydrogen (secondary N) is 1. The minimum Gasteiger partial charge on any atom is -0.494 e. The quantitative estimate of drug-likeness (QED) is 0.694. The van der Waals surface area contributed by atoms with Crippen molar-refractivity contribution in [3.05, 3.63) is 29.8 Å². The highest BCUT2D eigenvalue weighted by molar-refractivity contribution is 5.59. The number of nitrogens with two attached hydrogens (primary N) is 1. The van der Waals surface area contributed by atoms with Gasteiger partial charge in [0.1, 0.15) is 5.75 Å². The van der Waals surface area contributed by atoms with Gasteiger partial charge in [0, 0.05) is 13.1 Å². The first-order chi connectivity index (χ1) is 8.30. The molecule has 0 amide bonds. The van der Waals surface area contributed by atoms with Crippen molar-refractivity contribution in [3.63, 3.8) is 0 Å². The predicted molar refractivity (Wildman–Crippen MR) is 67.9 cm³/mol. The maximum absolute atomic E-state index is 10.7. The summed E-state index contributed by atoms with van der Waals surface area (Å²) in [6.07, 6.45) is 2.60. The second-order valence-corrected chi connectivity index (χ2v) is 3.69. The van der Waals surface area contributed by atoms with Crippen molar-refractivity contribution in [1.82, 2.24) is 5.32 Å². The fraction of sp³-hybridized carbons (Fsp3) is 0.462. The largest absolute Gasteiger partial charge is 0.494 e. The Balaban J connectivity index is 2.51. The first-order valence-corrected chi connectivity index (χ1v) is 5.83. The van der Waals surface area contributed by atoms with E-state index in [0.717, 1.165) is 11.3 Å². The van der Waals surface area contributed by atoms with Crippen LogP contribution in [0, 0.1) is 0 Å². The summed E-state index contributed by atoms with van der Waals surface area (Å²) in [5, 5.41) is 3.03. The van der Waals surface area contributed by atoms with Crippen LogP contribution in [0.15, 0.2) is 24.3 Å². The fourth-order valence-corrected chi connectivity index (χ4v) is 1.54. The summed E-state index contributed by atoms with van der Waals surface area (Å²) >= 11 is 0. The van der Waals surface area contributed by atoms with Crippen molar-refractivity contribution in [2.24, 2.45) is 5.73 Å². The smallest absolute Gasteiger partial charge is 0.217 e. The highest BCUT2D eigenvalue weighted by Crippen LogP contribution is 2.13. The average Bonchev–Trinajstić information content (AvgIpc) is 2.37. The van der Waals surface area contributed by atoms with Crippen LogP contribution >= 0.6 is 0 Å². The van der Waals surface area contributed by atoms with Gasteiger partial charge in [0.2, 0.25) is 6.29 Å². The first kappa shape index (κ1) is 13.7. The molecule has 0 unspecified atom stereocenters. The summed E-state index contributed by atoms with van der Waals surface area (Å²) in [4.78, 5) is 10.7. The van der Waals surface area contributed by atoms with Gasteiger partial charge < -0.3 is 15.8 Å². The van der Waals surface area contributed by atoms with E-state index in [-0.39, 0.29) is 6.04 Å². The van der Waals surface area contributed by atoms with Crippen molar-refractivity contribution in [2.45, 2.75) is 19.4 Å². The molecule has 0 aliphatic heterocycles. The van der Waals surface area contributed by atoms with E-state index in [4.69, 9.17) is 10.5 Å². The first-order valence-electron chi connectivity index (χ1n) is 5.83. The Bertz CT molecular complexity index is 325. The molecule has 4 nitrogen and oxygen atoms in total. The molecule has 0 aliphatic carbocycles. The summed E-state index contributed by atoms with van der Waals surface area (Å²) in [5.41, 5.74) is 6.44. The van der Waals surface area contributed by atoms with E-state index in [0.29, 0.717) is 26.1 Å². The van der Waals surface area contributed by atoms with Crippen LogP contribution in [-0.4, -0.2) is 32.0 Å². The minimum atomic E-state index is -0.295. The molecule has 93 valence electrons. The van der Waals surface area contributed by atoms with E-state index in [9.17, 15) is 4.79 Å². The van der Waals surface area contributed by atoms with E-state index >= 15 is 0 Å². The van der Waals surface area contributed by atoms with Crippen LogP contribution in [0.5, 0.6) is 5.75 Å². The lowest BCUT2D eigenvalue weighted by atomic mass is 10.1. The molecular formula is C13H19N2O2. The summed E-state index contributed by atoms with van der Waals surface area (Å²) in [5.74, 6) is 0.845. The third-order valence-corrected chi connectivity index (χ3v) is 2.35. The van der Waals surface area contributed by atoms with E-state index < -0.39 is 0 Å². The van der Waals surface area contributed by atoms with E-state index in [1.807, 2.05) is 37.5 Å². The molecule has 3 N–H and O–H groups in total. The average molecular weight is 235 g/mol. The van der Waals surface area contributed by atoms with Crippen LogP contribution in [0.4, 0.5) is 0 Å². The molecule has 4 heteroatoms. The van der Waals surface area contributed by atoms with E-state index in [2.05, 4.69) is 5.32 Å². The number of hydrogen-bond acceptors (Lipinski definition) is 4. The van der Waals surface area contributed by atoms with Crippen LogP contribution < -0.4 is 15.8 Å². The molecule has 0 aromatic heterocycles. The molecule has 1 aromatic rings. The maximum atomic E-state index is 10.7. The van der Waals surface area contributed by atoms with Gasteiger partial charge in [-0.2, -0.15) is 0 Å². The Hall–Kier alpha value is -1.39. The zero-order valence-corrected chi connectivity index (χ0v) is 10.1.